The van der Waals surface area contributed by atoms with Crippen LogP contribution in [0.2, 0.25) is 0 Å². The standard InChI is InChI=1S/C16H26INO4/c1-10(2)7-14(11(3)4)15(19)18-8-13(22-17)9-21-16(20)12(5)6/h7,11,13-14H,5,8-9H2,1-4,6H3,(H,18,19). The Morgan fingerprint density at radius 1 is 1.27 bits per heavy atom. The highest BCUT2D eigenvalue weighted by Crippen LogP contribution is 2.15. The number of carbonyl (C=O) groups excluding carboxylic acids is 2. The SMILES string of the molecule is C=C(C)C(=O)OCC(CNC(=O)C(C=C(C)C)C(C)C)OI. The zero-order chi connectivity index (χ0) is 17.3. The molecule has 0 saturated heterocycles. The van der Waals surface area contributed by atoms with Crippen molar-refractivity contribution in [2.45, 2.75) is 40.7 Å². The van der Waals surface area contributed by atoms with Crippen LogP contribution in [0.4, 0.5) is 0 Å². The summed E-state index contributed by atoms with van der Waals surface area (Å²) in [6.45, 7) is 13.4. The molecule has 2 atom stereocenters. The summed E-state index contributed by atoms with van der Waals surface area (Å²) in [6, 6.07) is 0. The van der Waals surface area contributed by atoms with E-state index in [2.05, 4.69) is 11.9 Å². The molecule has 1 N–H and O–H groups in total. The summed E-state index contributed by atoms with van der Waals surface area (Å²) in [5.41, 5.74) is 1.44. The van der Waals surface area contributed by atoms with Gasteiger partial charge in [-0.15, -0.1) is 0 Å². The Bertz CT molecular complexity index is 428. The number of hydrogen-bond acceptors (Lipinski definition) is 4. The highest BCUT2D eigenvalue weighted by molar-refractivity contribution is 14.1. The smallest absolute Gasteiger partial charge is 0.333 e. The van der Waals surface area contributed by atoms with Crippen molar-refractivity contribution in [1.29, 1.82) is 0 Å². The van der Waals surface area contributed by atoms with Crippen molar-refractivity contribution < 1.29 is 17.4 Å². The second kappa shape index (κ2) is 10.8. The number of esters is 1. The van der Waals surface area contributed by atoms with Crippen molar-refractivity contribution in [3.63, 3.8) is 0 Å². The Hall–Kier alpha value is -0.890. The van der Waals surface area contributed by atoms with E-state index in [-0.39, 0.29) is 30.9 Å². The van der Waals surface area contributed by atoms with Gasteiger partial charge in [-0.2, -0.15) is 0 Å². The lowest BCUT2D eigenvalue weighted by molar-refractivity contribution is -0.140. The molecule has 0 spiro atoms. The topological polar surface area (TPSA) is 64.6 Å². The minimum atomic E-state index is -0.464. The summed E-state index contributed by atoms with van der Waals surface area (Å²) in [6.07, 6.45) is 1.56. The van der Waals surface area contributed by atoms with Crippen LogP contribution in [0.15, 0.2) is 23.8 Å². The number of ether oxygens (including phenoxy) is 1. The first-order valence-electron chi connectivity index (χ1n) is 7.21. The second-order valence-electron chi connectivity index (χ2n) is 5.85. The maximum atomic E-state index is 12.3. The molecule has 126 valence electrons. The zero-order valence-electron chi connectivity index (χ0n) is 13.9. The molecule has 0 fully saturated rings. The quantitative estimate of drug-likeness (QED) is 0.268. The molecule has 1 amide bonds. The molecular weight excluding hydrogens is 397 g/mol. The Kier molecular flexibility index (Phi) is 10.3. The molecule has 0 radical (unpaired) electrons. The molecule has 0 aliphatic heterocycles. The molecular formula is C16H26INO4. The van der Waals surface area contributed by atoms with Gasteiger partial charge in [-0.3, -0.25) is 4.79 Å². The third kappa shape index (κ3) is 8.53. The van der Waals surface area contributed by atoms with Crippen molar-refractivity contribution in [1.82, 2.24) is 5.32 Å². The van der Waals surface area contributed by atoms with E-state index in [1.165, 1.54) is 0 Å². The minimum Gasteiger partial charge on any atom is -0.459 e. The number of amides is 1. The molecule has 0 rings (SSSR count). The molecule has 5 nitrogen and oxygen atoms in total. The van der Waals surface area contributed by atoms with E-state index in [0.29, 0.717) is 5.57 Å². The first kappa shape index (κ1) is 21.1. The number of carbonyl (C=O) groups is 2. The third-order valence-electron chi connectivity index (χ3n) is 2.91. The highest BCUT2D eigenvalue weighted by atomic mass is 127. The highest BCUT2D eigenvalue weighted by Gasteiger charge is 2.21. The van der Waals surface area contributed by atoms with Crippen LogP contribution in [0.25, 0.3) is 0 Å². The van der Waals surface area contributed by atoms with E-state index in [1.54, 1.807) is 29.9 Å². The molecule has 0 bridgehead atoms. The first-order chi connectivity index (χ1) is 10.2. The summed E-state index contributed by atoms with van der Waals surface area (Å²) < 4.78 is 10.2. The summed E-state index contributed by atoms with van der Waals surface area (Å²) in [4.78, 5) is 23.6. The molecule has 2 unspecified atom stereocenters. The van der Waals surface area contributed by atoms with E-state index in [0.717, 1.165) is 5.57 Å². The van der Waals surface area contributed by atoms with Crippen molar-refractivity contribution >= 4 is 34.9 Å². The van der Waals surface area contributed by atoms with Crippen LogP contribution in [-0.4, -0.2) is 31.1 Å². The molecule has 0 heterocycles. The Labute approximate surface area is 147 Å². The Morgan fingerprint density at radius 3 is 2.27 bits per heavy atom. The van der Waals surface area contributed by atoms with E-state index in [4.69, 9.17) is 7.80 Å². The minimum absolute atomic E-state index is 0.0547. The van der Waals surface area contributed by atoms with E-state index in [1.807, 2.05) is 33.8 Å². The van der Waals surface area contributed by atoms with Gasteiger partial charge in [0.25, 0.3) is 0 Å². The van der Waals surface area contributed by atoms with Crippen LogP contribution < -0.4 is 5.32 Å². The first-order valence-corrected chi connectivity index (χ1v) is 8.09. The molecule has 0 saturated carbocycles. The Balaban J connectivity index is 4.48. The van der Waals surface area contributed by atoms with Gasteiger partial charge < -0.3 is 13.1 Å². The molecule has 0 aliphatic rings. The van der Waals surface area contributed by atoms with Crippen molar-refractivity contribution in [3.05, 3.63) is 23.8 Å². The lowest BCUT2D eigenvalue weighted by Crippen LogP contribution is -2.39. The molecule has 22 heavy (non-hydrogen) atoms. The fourth-order valence-corrected chi connectivity index (χ4v) is 2.00. The number of allylic oxidation sites excluding steroid dienone is 1. The average Bonchev–Trinajstić information content (AvgIpc) is 2.43. The van der Waals surface area contributed by atoms with E-state index in [9.17, 15) is 9.59 Å². The van der Waals surface area contributed by atoms with Gasteiger partial charge in [0.1, 0.15) is 35.7 Å². The molecule has 0 aliphatic carbocycles. The summed E-state index contributed by atoms with van der Waals surface area (Å²) in [5.74, 6) is -0.497. The van der Waals surface area contributed by atoms with Crippen LogP contribution in [0.3, 0.4) is 0 Å². The van der Waals surface area contributed by atoms with Gasteiger partial charge in [-0.25, -0.2) is 4.79 Å². The predicted octanol–water partition coefficient (Wildman–Crippen LogP) is 3.20. The Morgan fingerprint density at radius 2 is 1.86 bits per heavy atom. The molecule has 0 aromatic heterocycles. The summed E-state index contributed by atoms with van der Waals surface area (Å²) >= 11 is 1.73. The van der Waals surface area contributed by atoms with Crippen LogP contribution >= 0.6 is 23.0 Å². The fraction of sp³-hybridized carbons (Fsp3) is 0.625. The fourth-order valence-electron chi connectivity index (χ4n) is 1.67. The van der Waals surface area contributed by atoms with E-state index >= 15 is 0 Å². The molecule has 6 heteroatoms. The third-order valence-corrected chi connectivity index (χ3v) is 3.63. The van der Waals surface area contributed by atoms with E-state index < -0.39 is 12.1 Å². The predicted molar refractivity (Wildman–Crippen MR) is 95.4 cm³/mol. The zero-order valence-corrected chi connectivity index (χ0v) is 16.1. The van der Waals surface area contributed by atoms with Gasteiger partial charge >= 0.3 is 5.97 Å². The van der Waals surface area contributed by atoms with Crippen molar-refractivity contribution in [2.75, 3.05) is 13.2 Å². The summed E-state index contributed by atoms with van der Waals surface area (Å²) in [7, 11) is 0. The van der Waals surface area contributed by atoms with Gasteiger partial charge in [-0.05, 0) is 26.7 Å². The number of rotatable bonds is 9. The van der Waals surface area contributed by atoms with Crippen LogP contribution in [0.1, 0.15) is 34.6 Å². The largest absolute Gasteiger partial charge is 0.459 e. The maximum absolute atomic E-state index is 12.3. The number of nitrogens with one attached hydrogen (secondary N) is 1. The number of halogens is 1. The van der Waals surface area contributed by atoms with Gasteiger partial charge in [0.2, 0.25) is 5.91 Å². The van der Waals surface area contributed by atoms with Gasteiger partial charge in [-0.1, -0.05) is 32.1 Å². The lowest BCUT2D eigenvalue weighted by Gasteiger charge is -2.20. The average molecular weight is 423 g/mol. The van der Waals surface area contributed by atoms with Crippen LogP contribution in [-0.2, 0) is 17.4 Å². The van der Waals surface area contributed by atoms with Gasteiger partial charge in [0.15, 0.2) is 0 Å². The monoisotopic (exact) mass is 423 g/mol. The van der Waals surface area contributed by atoms with Gasteiger partial charge in [0.05, 0.1) is 5.92 Å². The second-order valence-corrected chi connectivity index (χ2v) is 6.36. The van der Waals surface area contributed by atoms with Crippen LogP contribution in [0.5, 0.6) is 0 Å². The summed E-state index contributed by atoms with van der Waals surface area (Å²) in [5, 5.41) is 2.85. The van der Waals surface area contributed by atoms with Crippen molar-refractivity contribution in [3.8, 4) is 0 Å². The van der Waals surface area contributed by atoms with Crippen molar-refractivity contribution in [2.24, 2.45) is 11.8 Å². The normalized spacial score (nSPS) is 13.2. The lowest BCUT2D eigenvalue weighted by atomic mass is 9.93. The van der Waals surface area contributed by atoms with Gasteiger partial charge in [0, 0.05) is 12.1 Å². The molecule has 0 aromatic rings. The number of hydrogen-bond donors (Lipinski definition) is 1. The van der Waals surface area contributed by atoms with Crippen LogP contribution in [0, 0.1) is 11.8 Å². The maximum Gasteiger partial charge on any atom is 0.333 e. The molecule has 0 aromatic carbocycles.